The lowest BCUT2D eigenvalue weighted by molar-refractivity contribution is 0.782. The Kier molecular flexibility index (Phi) is 1.74. The van der Waals surface area contributed by atoms with Crippen molar-refractivity contribution < 1.29 is 0 Å². The van der Waals surface area contributed by atoms with Crippen LogP contribution in [0.1, 0.15) is 12.0 Å². The summed E-state index contributed by atoms with van der Waals surface area (Å²) in [6.45, 7) is 0. The van der Waals surface area contributed by atoms with E-state index in [1.165, 1.54) is 11.3 Å². The summed E-state index contributed by atoms with van der Waals surface area (Å²) in [5.41, 5.74) is 2.69. The molecular formula is C9H10ClN. The number of halogens is 1. The number of para-hydroxylation sites is 1. The van der Waals surface area contributed by atoms with E-state index in [1.54, 1.807) is 0 Å². The monoisotopic (exact) mass is 167 g/mol. The van der Waals surface area contributed by atoms with E-state index in [0.717, 1.165) is 12.8 Å². The van der Waals surface area contributed by atoms with E-state index >= 15 is 0 Å². The minimum atomic E-state index is 0.116. The first-order chi connectivity index (χ1) is 5.36. The van der Waals surface area contributed by atoms with E-state index in [1.807, 2.05) is 6.07 Å². The molecule has 1 N–H and O–H groups in total. The average Bonchev–Trinajstić information content (AvgIpc) is 2.04. The summed E-state index contributed by atoms with van der Waals surface area (Å²) in [5, 5.41) is 3.23. The van der Waals surface area contributed by atoms with Gasteiger partial charge in [-0.25, -0.2) is 0 Å². The minimum Gasteiger partial charge on any atom is -0.369 e. The van der Waals surface area contributed by atoms with Crippen molar-refractivity contribution in [2.45, 2.75) is 18.3 Å². The largest absolute Gasteiger partial charge is 0.369 e. The molecule has 0 aromatic heterocycles. The highest BCUT2D eigenvalue weighted by atomic mass is 35.5. The Morgan fingerprint density at radius 2 is 2.18 bits per heavy atom. The third-order valence-electron chi connectivity index (χ3n) is 2.00. The first-order valence-corrected chi connectivity index (χ1v) is 4.28. The summed E-state index contributed by atoms with van der Waals surface area (Å²) in [6, 6.07) is 8.31. The topological polar surface area (TPSA) is 12.0 Å². The summed E-state index contributed by atoms with van der Waals surface area (Å²) in [4.78, 5) is 0. The second-order valence-electron chi connectivity index (χ2n) is 2.81. The van der Waals surface area contributed by atoms with Crippen molar-refractivity contribution in [3.8, 4) is 0 Å². The molecule has 1 aliphatic heterocycles. The first kappa shape index (κ1) is 6.99. The molecule has 1 aromatic rings. The number of alkyl halides is 1. The van der Waals surface area contributed by atoms with Crippen molar-refractivity contribution in [3.05, 3.63) is 29.8 Å². The van der Waals surface area contributed by atoms with Crippen LogP contribution in [-0.4, -0.2) is 5.50 Å². The number of benzene rings is 1. The van der Waals surface area contributed by atoms with Crippen LogP contribution in [0.2, 0.25) is 0 Å². The zero-order chi connectivity index (χ0) is 7.68. The van der Waals surface area contributed by atoms with Crippen molar-refractivity contribution in [2.24, 2.45) is 0 Å². The summed E-state index contributed by atoms with van der Waals surface area (Å²) >= 11 is 5.93. The Morgan fingerprint density at radius 1 is 1.36 bits per heavy atom. The fraction of sp³-hybridized carbons (Fsp3) is 0.333. The smallest absolute Gasteiger partial charge is 0.102 e. The van der Waals surface area contributed by atoms with Crippen molar-refractivity contribution in [1.82, 2.24) is 0 Å². The Balaban J connectivity index is 2.34. The van der Waals surface area contributed by atoms with Gasteiger partial charge < -0.3 is 5.32 Å². The second-order valence-corrected chi connectivity index (χ2v) is 3.33. The lowest BCUT2D eigenvalue weighted by Crippen LogP contribution is -2.19. The third kappa shape index (κ3) is 1.33. The van der Waals surface area contributed by atoms with Gasteiger partial charge in [0.05, 0.1) is 0 Å². The molecule has 0 bridgehead atoms. The summed E-state index contributed by atoms with van der Waals surface area (Å²) in [5.74, 6) is 0. The van der Waals surface area contributed by atoms with E-state index < -0.39 is 0 Å². The van der Waals surface area contributed by atoms with Gasteiger partial charge in [-0.2, -0.15) is 0 Å². The van der Waals surface area contributed by atoms with E-state index in [0.29, 0.717) is 0 Å². The maximum absolute atomic E-state index is 5.93. The van der Waals surface area contributed by atoms with Crippen LogP contribution in [0.4, 0.5) is 5.69 Å². The van der Waals surface area contributed by atoms with Crippen LogP contribution >= 0.6 is 11.6 Å². The highest BCUT2D eigenvalue weighted by molar-refractivity contribution is 6.21. The lowest BCUT2D eigenvalue weighted by Gasteiger charge is -2.21. The van der Waals surface area contributed by atoms with Gasteiger partial charge in [-0.1, -0.05) is 29.8 Å². The molecular weight excluding hydrogens is 158 g/mol. The Labute approximate surface area is 71.4 Å². The van der Waals surface area contributed by atoms with Crippen LogP contribution in [0.5, 0.6) is 0 Å². The fourth-order valence-electron chi connectivity index (χ4n) is 1.40. The third-order valence-corrected chi connectivity index (χ3v) is 2.32. The number of rotatable bonds is 0. The van der Waals surface area contributed by atoms with Crippen LogP contribution in [0.15, 0.2) is 24.3 Å². The van der Waals surface area contributed by atoms with E-state index in [2.05, 4.69) is 23.5 Å². The van der Waals surface area contributed by atoms with Gasteiger partial charge in [0.2, 0.25) is 0 Å². The zero-order valence-corrected chi connectivity index (χ0v) is 6.93. The molecule has 1 nitrogen and oxygen atoms in total. The Hall–Kier alpha value is -0.690. The van der Waals surface area contributed by atoms with Gasteiger partial charge in [0.15, 0.2) is 0 Å². The zero-order valence-electron chi connectivity index (χ0n) is 6.18. The number of nitrogens with one attached hydrogen (secondary N) is 1. The van der Waals surface area contributed by atoms with Gasteiger partial charge in [-0.15, -0.1) is 0 Å². The molecule has 0 spiro atoms. The van der Waals surface area contributed by atoms with Gasteiger partial charge in [-0.05, 0) is 24.5 Å². The highest BCUT2D eigenvalue weighted by Gasteiger charge is 2.13. The van der Waals surface area contributed by atoms with Crippen LogP contribution in [-0.2, 0) is 6.42 Å². The number of fused-ring (bicyclic) bond motifs is 1. The molecule has 1 unspecified atom stereocenters. The molecule has 0 saturated carbocycles. The molecule has 1 heterocycles. The van der Waals surface area contributed by atoms with E-state index in [4.69, 9.17) is 11.6 Å². The average molecular weight is 168 g/mol. The standard InChI is InChI=1S/C9H10ClN/c10-9-6-5-7-3-1-2-4-8(7)11-9/h1-4,9,11H,5-6H2. The van der Waals surface area contributed by atoms with Gasteiger partial charge in [0.25, 0.3) is 0 Å². The van der Waals surface area contributed by atoms with Crippen LogP contribution in [0.25, 0.3) is 0 Å². The molecule has 1 aromatic carbocycles. The lowest BCUT2D eigenvalue weighted by atomic mass is 10.0. The number of hydrogen-bond acceptors (Lipinski definition) is 1. The quantitative estimate of drug-likeness (QED) is 0.463. The van der Waals surface area contributed by atoms with Crippen molar-refractivity contribution in [2.75, 3.05) is 5.32 Å². The van der Waals surface area contributed by atoms with Gasteiger partial charge in [0, 0.05) is 5.69 Å². The van der Waals surface area contributed by atoms with Crippen molar-refractivity contribution in [3.63, 3.8) is 0 Å². The van der Waals surface area contributed by atoms with Crippen LogP contribution < -0.4 is 5.32 Å². The molecule has 0 aliphatic carbocycles. The van der Waals surface area contributed by atoms with Crippen molar-refractivity contribution >= 4 is 17.3 Å². The molecule has 0 amide bonds. The second kappa shape index (κ2) is 2.74. The fourth-order valence-corrected chi connectivity index (χ4v) is 1.63. The number of anilines is 1. The van der Waals surface area contributed by atoms with Crippen LogP contribution in [0, 0.1) is 0 Å². The molecule has 1 aliphatic rings. The summed E-state index contributed by atoms with van der Waals surface area (Å²) < 4.78 is 0. The summed E-state index contributed by atoms with van der Waals surface area (Å²) in [6.07, 6.45) is 2.12. The maximum Gasteiger partial charge on any atom is 0.102 e. The Morgan fingerprint density at radius 3 is 3.09 bits per heavy atom. The molecule has 0 radical (unpaired) electrons. The predicted molar refractivity (Wildman–Crippen MR) is 48.0 cm³/mol. The van der Waals surface area contributed by atoms with Gasteiger partial charge >= 0.3 is 0 Å². The maximum atomic E-state index is 5.93. The highest BCUT2D eigenvalue weighted by Crippen LogP contribution is 2.25. The van der Waals surface area contributed by atoms with Gasteiger partial charge in [-0.3, -0.25) is 0 Å². The molecule has 0 fully saturated rings. The van der Waals surface area contributed by atoms with E-state index in [9.17, 15) is 0 Å². The SMILES string of the molecule is ClC1CCc2ccccc2N1. The summed E-state index contributed by atoms with van der Waals surface area (Å²) in [7, 11) is 0. The molecule has 58 valence electrons. The minimum absolute atomic E-state index is 0.116. The van der Waals surface area contributed by atoms with Gasteiger partial charge in [0.1, 0.15) is 5.50 Å². The van der Waals surface area contributed by atoms with E-state index in [-0.39, 0.29) is 5.50 Å². The Bertz CT molecular complexity index is 259. The first-order valence-electron chi connectivity index (χ1n) is 3.85. The molecule has 11 heavy (non-hydrogen) atoms. The molecule has 1 atom stereocenters. The van der Waals surface area contributed by atoms with Crippen molar-refractivity contribution in [1.29, 1.82) is 0 Å². The predicted octanol–water partition coefficient (Wildman–Crippen LogP) is 2.61. The van der Waals surface area contributed by atoms with Crippen LogP contribution in [0.3, 0.4) is 0 Å². The number of hydrogen-bond donors (Lipinski definition) is 1. The number of aryl methyl sites for hydroxylation is 1. The molecule has 2 heteroatoms. The molecule has 2 rings (SSSR count). The normalized spacial score (nSPS) is 22.1. The molecule has 0 saturated heterocycles.